The van der Waals surface area contributed by atoms with Crippen LogP contribution >= 0.6 is 30.3 Å². The van der Waals surface area contributed by atoms with Crippen LogP contribution in [0.3, 0.4) is 0 Å². The fourth-order valence-corrected chi connectivity index (χ4v) is 5.08. The second-order valence-corrected chi connectivity index (χ2v) is 8.58. The monoisotopic (exact) mass is 482 g/mol. The van der Waals surface area contributed by atoms with Gasteiger partial charge in [-0.25, -0.2) is 17.9 Å². The summed E-state index contributed by atoms with van der Waals surface area (Å²) in [6, 6.07) is 3.16. The predicted molar refractivity (Wildman–Crippen MR) is 104 cm³/mol. The van der Waals surface area contributed by atoms with Crippen LogP contribution in [0.25, 0.3) is 0 Å². The molecular formula is C17H21F2IN2O2S. The first-order chi connectivity index (χ1) is 11.7. The zero-order chi connectivity index (χ0) is 18.8. The average molecular weight is 482 g/mol. The van der Waals surface area contributed by atoms with Crippen molar-refractivity contribution in [1.29, 1.82) is 0 Å². The minimum Gasteiger partial charge on any atom is -0.444 e. The first-order valence-corrected chi connectivity index (χ1v) is 11.1. The molecule has 0 spiro atoms. The number of carbonyl (C=O) groups excluding carboxylic acids is 1. The topological polar surface area (TPSA) is 41.6 Å². The number of hydrogen-bond acceptors (Lipinski definition) is 4. The molecule has 1 aliphatic heterocycles. The molecule has 2 rings (SSSR count). The lowest BCUT2D eigenvalue weighted by Crippen LogP contribution is -2.41. The summed E-state index contributed by atoms with van der Waals surface area (Å²) in [5, 5.41) is 2.86. The number of nitrogens with one attached hydrogen (secondary N) is 1. The molecule has 0 radical (unpaired) electrons. The molecule has 1 N–H and O–H groups in total. The van der Waals surface area contributed by atoms with Crippen molar-refractivity contribution in [3.63, 3.8) is 0 Å². The molecule has 3 atom stereocenters. The maximum Gasteiger partial charge on any atom is 0.407 e. The van der Waals surface area contributed by atoms with E-state index in [2.05, 4.69) is 33.1 Å². The first kappa shape index (κ1) is 20.4. The van der Waals surface area contributed by atoms with Crippen LogP contribution in [0, 0.1) is 11.6 Å². The van der Waals surface area contributed by atoms with E-state index in [0.717, 1.165) is 6.07 Å². The molecule has 138 valence electrons. The Morgan fingerprint density at radius 1 is 1.44 bits per heavy atom. The third kappa shape index (κ3) is 5.07. The Labute approximate surface area is 163 Å². The summed E-state index contributed by atoms with van der Waals surface area (Å²) in [7, 11) is 1.45. The van der Waals surface area contributed by atoms with Crippen LogP contribution < -0.4 is 5.32 Å². The van der Waals surface area contributed by atoms with E-state index in [-0.39, 0.29) is 18.1 Å². The minimum absolute atomic E-state index is 0.0139. The normalized spacial score (nSPS) is 24.2. The Morgan fingerprint density at radius 2 is 2.12 bits per heavy atom. The highest BCUT2D eigenvalue weighted by molar-refractivity contribution is 14.2. The molecule has 1 aliphatic rings. The Bertz CT molecular complexity index is 654. The molecular weight excluding hydrogens is 461 g/mol. The number of halogens is 3. The van der Waals surface area contributed by atoms with E-state index < -0.39 is 23.3 Å². The van der Waals surface area contributed by atoms with Gasteiger partial charge in [-0.05, 0) is 54.0 Å². The van der Waals surface area contributed by atoms with Crippen molar-refractivity contribution in [1.82, 2.24) is 9.62 Å². The van der Waals surface area contributed by atoms with Crippen molar-refractivity contribution in [2.24, 2.45) is 0 Å². The van der Waals surface area contributed by atoms with Gasteiger partial charge in [-0.3, -0.25) is 0 Å². The second kappa shape index (κ2) is 8.22. The van der Waals surface area contributed by atoms with Crippen LogP contribution in [-0.4, -0.2) is 28.1 Å². The average Bonchev–Trinajstić information content (AvgIpc) is 2.85. The number of ether oxygens (including phenoxy) is 1. The van der Waals surface area contributed by atoms with Gasteiger partial charge in [0.1, 0.15) is 5.60 Å². The van der Waals surface area contributed by atoms with Crippen LogP contribution in [0.1, 0.15) is 38.8 Å². The van der Waals surface area contributed by atoms with E-state index in [0.29, 0.717) is 12.0 Å². The van der Waals surface area contributed by atoms with Crippen molar-refractivity contribution in [3.05, 3.63) is 48.1 Å². The van der Waals surface area contributed by atoms with Crippen molar-refractivity contribution in [2.75, 3.05) is 0 Å². The van der Waals surface area contributed by atoms with E-state index in [1.54, 1.807) is 26.8 Å². The molecule has 0 bridgehead atoms. The highest BCUT2D eigenvalue weighted by Crippen LogP contribution is 2.44. The smallest absolute Gasteiger partial charge is 0.407 e. The van der Waals surface area contributed by atoms with Crippen molar-refractivity contribution < 1.29 is 18.3 Å². The molecule has 1 aromatic rings. The molecule has 1 fully saturated rings. The zero-order valence-electron chi connectivity index (χ0n) is 14.3. The van der Waals surface area contributed by atoms with Gasteiger partial charge in [0.05, 0.1) is 12.1 Å². The summed E-state index contributed by atoms with van der Waals surface area (Å²) in [5.74, 6) is -1.80. The fourth-order valence-electron chi connectivity index (χ4n) is 2.84. The van der Waals surface area contributed by atoms with E-state index in [4.69, 9.17) is 4.74 Å². The van der Waals surface area contributed by atoms with Crippen molar-refractivity contribution >= 4 is 36.4 Å². The van der Waals surface area contributed by atoms with Gasteiger partial charge < -0.3 is 10.1 Å². The van der Waals surface area contributed by atoms with Crippen LogP contribution in [0.2, 0.25) is 0 Å². The van der Waals surface area contributed by atoms with Crippen LogP contribution in [0.4, 0.5) is 13.6 Å². The van der Waals surface area contributed by atoms with Gasteiger partial charge >= 0.3 is 6.09 Å². The number of nitrogens with zero attached hydrogens (tertiary/aromatic N) is 1. The van der Waals surface area contributed by atoms with Crippen LogP contribution in [0.5, 0.6) is 0 Å². The highest BCUT2D eigenvalue weighted by atomic mass is 127. The summed E-state index contributed by atoms with van der Waals surface area (Å²) in [6.45, 7) is 9.19. The van der Waals surface area contributed by atoms with Gasteiger partial charge in [0, 0.05) is 27.2 Å². The van der Waals surface area contributed by atoms with Crippen molar-refractivity contribution in [2.45, 2.75) is 50.9 Å². The fraction of sp³-hybridized carbons (Fsp3) is 0.471. The molecule has 1 amide bonds. The number of amides is 1. The van der Waals surface area contributed by atoms with Gasteiger partial charge in [0.25, 0.3) is 0 Å². The summed E-state index contributed by atoms with van der Waals surface area (Å²) in [6.07, 6.45) is 1.85. The number of rotatable bonds is 4. The lowest BCUT2D eigenvalue weighted by atomic mass is 10.00. The molecule has 0 saturated carbocycles. The summed E-state index contributed by atoms with van der Waals surface area (Å²) >= 11 is 2.13. The van der Waals surface area contributed by atoms with E-state index in [1.165, 1.54) is 21.3 Å². The number of carbonyl (C=O) groups is 1. The van der Waals surface area contributed by atoms with Gasteiger partial charge in [-0.15, -0.1) is 6.58 Å². The van der Waals surface area contributed by atoms with E-state index in [1.807, 2.05) is 4.31 Å². The van der Waals surface area contributed by atoms with Gasteiger partial charge in [-0.1, -0.05) is 12.1 Å². The number of hydrogen-bond donors (Lipinski definition) is 1. The largest absolute Gasteiger partial charge is 0.444 e. The van der Waals surface area contributed by atoms with Gasteiger partial charge in [0.15, 0.2) is 11.6 Å². The first-order valence-electron chi connectivity index (χ1n) is 7.80. The van der Waals surface area contributed by atoms with Crippen molar-refractivity contribution in [3.8, 4) is 0 Å². The summed E-state index contributed by atoms with van der Waals surface area (Å²) in [5.41, 5.74) is -0.0242. The third-order valence-corrected chi connectivity index (χ3v) is 5.84. The molecule has 8 heteroatoms. The lowest BCUT2D eigenvalue weighted by molar-refractivity contribution is 0.0497. The summed E-state index contributed by atoms with van der Waals surface area (Å²) in [4.78, 5) is 12.2. The molecule has 1 heterocycles. The molecule has 1 saturated heterocycles. The quantitative estimate of drug-likeness (QED) is 0.366. The highest BCUT2D eigenvalue weighted by Gasteiger charge is 2.42. The van der Waals surface area contributed by atoms with Gasteiger partial charge in [-0.2, -0.15) is 0 Å². The standard InChI is InChI=1S/C17H21F2IN2O2S/c1-5-11-9-14(21-16(23)24-17(2,3)4)15(22(11)25-20)10-6-7-12(18)13(19)8-10/h5-8,11,14-15H,1,9H2,2-4H3,(H,21,23)/t11-,14+,15-/m0/s1. The van der Waals surface area contributed by atoms with Gasteiger partial charge in [0.2, 0.25) is 0 Å². The Hall–Kier alpha value is -0.870. The molecule has 0 unspecified atom stereocenters. The van der Waals surface area contributed by atoms with Crippen LogP contribution in [0.15, 0.2) is 30.9 Å². The Balaban J connectivity index is 2.30. The lowest BCUT2D eigenvalue weighted by Gasteiger charge is -2.29. The molecule has 0 aliphatic carbocycles. The van der Waals surface area contributed by atoms with E-state index >= 15 is 0 Å². The Morgan fingerprint density at radius 3 is 2.64 bits per heavy atom. The summed E-state index contributed by atoms with van der Waals surface area (Å²) < 4.78 is 34.4. The van der Waals surface area contributed by atoms with E-state index in [9.17, 15) is 13.6 Å². The number of benzene rings is 1. The minimum atomic E-state index is -0.908. The molecule has 25 heavy (non-hydrogen) atoms. The third-order valence-electron chi connectivity index (χ3n) is 3.82. The zero-order valence-corrected chi connectivity index (χ0v) is 17.2. The molecule has 0 aromatic heterocycles. The second-order valence-electron chi connectivity index (χ2n) is 6.84. The maximum absolute atomic E-state index is 13.7. The maximum atomic E-state index is 13.7. The van der Waals surface area contributed by atoms with Crippen LogP contribution in [-0.2, 0) is 4.74 Å². The SMILES string of the molecule is C=C[C@H]1C[C@@H](NC(=O)OC(C)(C)C)[C@H](c2ccc(F)c(F)c2)N1SI. The molecule has 1 aromatic carbocycles. The predicted octanol–water partition coefficient (Wildman–Crippen LogP) is 5.16. The molecule has 4 nitrogen and oxygen atoms in total. The number of alkyl carbamates (subject to hydrolysis) is 1. The Kier molecular flexibility index (Phi) is 6.72.